The highest BCUT2D eigenvalue weighted by atomic mass is 28.4. The van der Waals surface area contributed by atoms with Crippen LogP contribution in [-0.2, 0) is 9.16 Å². The van der Waals surface area contributed by atoms with Crippen LogP contribution in [0.15, 0.2) is 0 Å². The van der Waals surface area contributed by atoms with Gasteiger partial charge in [-0.1, -0.05) is 20.8 Å². The van der Waals surface area contributed by atoms with Crippen molar-refractivity contribution in [3.8, 4) is 6.07 Å². The Bertz CT molecular complexity index is 472. The smallest absolute Gasteiger partial charge is 0.410 e. The first kappa shape index (κ1) is 20.0. The number of carbonyl (C=O) groups is 1. The van der Waals surface area contributed by atoms with Crippen LogP contribution in [0.2, 0.25) is 18.1 Å². The van der Waals surface area contributed by atoms with Crippen molar-refractivity contribution in [3.05, 3.63) is 0 Å². The second-order valence-corrected chi connectivity index (χ2v) is 13.6. The van der Waals surface area contributed by atoms with E-state index in [1.54, 1.807) is 4.90 Å². The van der Waals surface area contributed by atoms with Gasteiger partial charge in [-0.2, -0.15) is 5.26 Å². The molecule has 0 aliphatic carbocycles. The van der Waals surface area contributed by atoms with E-state index in [9.17, 15) is 4.79 Å². The van der Waals surface area contributed by atoms with Crippen molar-refractivity contribution >= 4 is 14.4 Å². The molecule has 0 unspecified atom stereocenters. The fraction of sp³-hybridized carbons (Fsp3) is 0.882. The summed E-state index contributed by atoms with van der Waals surface area (Å²) in [7, 11) is -1.90. The van der Waals surface area contributed by atoms with E-state index in [1.165, 1.54) is 0 Å². The van der Waals surface area contributed by atoms with Crippen LogP contribution in [0, 0.1) is 11.3 Å². The predicted octanol–water partition coefficient (Wildman–Crippen LogP) is 4.30. The minimum Gasteiger partial charge on any atom is -0.444 e. The molecule has 5 nitrogen and oxygen atoms in total. The number of nitriles is 1. The van der Waals surface area contributed by atoms with E-state index in [0.29, 0.717) is 19.4 Å². The van der Waals surface area contributed by atoms with Crippen molar-refractivity contribution in [1.29, 1.82) is 5.26 Å². The molecule has 0 saturated carbocycles. The van der Waals surface area contributed by atoms with Gasteiger partial charge in [-0.15, -0.1) is 0 Å². The number of likely N-dealkylation sites (tertiary alicyclic amines) is 1. The Morgan fingerprint density at radius 2 is 1.83 bits per heavy atom. The van der Waals surface area contributed by atoms with Gasteiger partial charge in [0.1, 0.15) is 5.60 Å². The van der Waals surface area contributed by atoms with Crippen LogP contribution >= 0.6 is 0 Å². The molecular weight excluding hydrogens is 308 g/mol. The molecule has 0 aromatic carbocycles. The van der Waals surface area contributed by atoms with Crippen LogP contribution in [0.3, 0.4) is 0 Å². The third-order valence-electron chi connectivity index (χ3n) is 4.60. The summed E-state index contributed by atoms with van der Waals surface area (Å²) in [6.07, 6.45) is 0.663. The first-order chi connectivity index (χ1) is 10.3. The van der Waals surface area contributed by atoms with Gasteiger partial charge in [-0.25, -0.2) is 4.79 Å². The molecule has 0 spiro atoms. The molecule has 0 aromatic heterocycles. The average molecular weight is 341 g/mol. The first-order valence-electron chi connectivity index (χ1n) is 8.31. The molecule has 6 heteroatoms. The minimum atomic E-state index is -1.90. The van der Waals surface area contributed by atoms with Gasteiger partial charge in [0.25, 0.3) is 0 Å². The maximum Gasteiger partial charge on any atom is 0.410 e. The number of hydrogen-bond donors (Lipinski definition) is 0. The Kier molecular flexibility index (Phi) is 5.92. The summed E-state index contributed by atoms with van der Waals surface area (Å²) >= 11 is 0. The Balaban J connectivity index is 2.82. The quantitative estimate of drug-likeness (QED) is 0.719. The van der Waals surface area contributed by atoms with Gasteiger partial charge >= 0.3 is 6.09 Å². The van der Waals surface area contributed by atoms with Gasteiger partial charge in [0, 0.05) is 6.54 Å². The van der Waals surface area contributed by atoms with Crippen molar-refractivity contribution in [1.82, 2.24) is 4.90 Å². The van der Waals surface area contributed by atoms with Crippen LogP contribution in [-0.4, -0.2) is 43.6 Å². The summed E-state index contributed by atoms with van der Waals surface area (Å²) in [5, 5.41) is 9.17. The van der Waals surface area contributed by atoms with E-state index >= 15 is 0 Å². The molecule has 1 aliphatic heterocycles. The SMILES string of the molecule is CC(C)(C)OC(=O)N1C[C@@H](O[Si](C)(C)C(C)(C)C)C[C@@H]1CC#N. The number of hydrogen-bond acceptors (Lipinski definition) is 4. The second-order valence-electron chi connectivity index (χ2n) is 8.88. The molecule has 1 fully saturated rings. The first-order valence-corrected chi connectivity index (χ1v) is 11.2. The van der Waals surface area contributed by atoms with Gasteiger partial charge in [-0.3, -0.25) is 0 Å². The molecule has 0 N–H and O–H groups in total. The van der Waals surface area contributed by atoms with Gasteiger partial charge in [0.15, 0.2) is 8.32 Å². The van der Waals surface area contributed by atoms with E-state index in [-0.39, 0.29) is 23.3 Å². The number of nitrogens with zero attached hydrogens (tertiary/aromatic N) is 2. The molecule has 0 bridgehead atoms. The van der Waals surface area contributed by atoms with E-state index < -0.39 is 13.9 Å². The average Bonchev–Trinajstić information content (AvgIpc) is 2.68. The summed E-state index contributed by atoms with van der Waals surface area (Å²) in [6, 6.07) is 2.06. The molecule has 1 aliphatic rings. The highest BCUT2D eigenvalue weighted by Crippen LogP contribution is 2.39. The second kappa shape index (κ2) is 6.82. The van der Waals surface area contributed by atoms with Gasteiger partial charge < -0.3 is 14.1 Å². The zero-order valence-electron chi connectivity index (χ0n) is 15.9. The van der Waals surface area contributed by atoms with Crippen LogP contribution in [0.25, 0.3) is 0 Å². The Morgan fingerprint density at radius 3 is 2.26 bits per heavy atom. The lowest BCUT2D eigenvalue weighted by molar-refractivity contribution is 0.0213. The molecule has 2 atom stereocenters. The van der Waals surface area contributed by atoms with Crippen LogP contribution in [0.5, 0.6) is 0 Å². The van der Waals surface area contributed by atoms with Crippen LogP contribution in [0.1, 0.15) is 54.4 Å². The molecule has 1 amide bonds. The Hall–Kier alpha value is -1.06. The summed E-state index contributed by atoms with van der Waals surface area (Å²) < 4.78 is 11.9. The van der Waals surface area contributed by atoms with Crippen LogP contribution < -0.4 is 0 Å². The molecule has 23 heavy (non-hydrogen) atoms. The predicted molar refractivity (Wildman–Crippen MR) is 93.6 cm³/mol. The molecular formula is C17H32N2O3Si. The number of rotatable bonds is 3. The van der Waals surface area contributed by atoms with Crippen LogP contribution in [0.4, 0.5) is 4.79 Å². The topological polar surface area (TPSA) is 62.6 Å². The number of carbonyl (C=O) groups excluding carboxylic acids is 1. The Morgan fingerprint density at radius 1 is 1.26 bits per heavy atom. The molecule has 1 saturated heterocycles. The zero-order chi connectivity index (χ0) is 18.1. The number of ether oxygens (including phenoxy) is 1. The maximum absolute atomic E-state index is 12.4. The summed E-state index contributed by atoms with van der Waals surface area (Å²) in [5.74, 6) is 0. The molecule has 0 radical (unpaired) electrons. The summed E-state index contributed by atoms with van der Waals surface area (Å²) in [6.45, 7) is 17.1. The van der Waals surface area contributed by atoms with Crippen molar-refractivity contribution in [2.75, 3.05) is 6.54 Å². The lowest BCUT2D eigenvalue weighted by atomic mass is 10.1. The van der Waals surface area contributed by atoms with Gasteiger partial charge in [0.05, 0.1) is 24.6 Å². The fourth-order valence-corrected chi connectivity index (χ4v) is 3.75. The normalized spacial score (nSPS) is 22.8. The minimum absolute atomic E-state index is 0.0123. The monoisotopic (exact) mass is 340 g/mol. The van der Waals surface area contributed by atoms with Crippen molar-refractivity contribution in [2.45, 2.75) is 90.3 Å². The van der Waals surface area contributed by atoms with Crippen molar-refractivity contribution in [3.63, 3.8) is 0 Å². The van der Waals surface area contributed by atoms with Gasteiger partial charge in [-0.05, 0) is 45.3 Å². The highest BCUT2D eigenvalue weighted by molar-refractivity contribution is 6.74. The maximum atomic E-state index is 12.4. The van der Waals surface area contributed by atoms with E-state index in [4.69, 9.17) is 14.4 Å². The molecule has 0 aromatic rings. The highest BCUT2D eigenvalue weighted by Gasteiger charge is 2.44. The van der Waals surface area contributed by atoms with Crippen molar-refractivity contribution < 1.29 is 14.0 Å². The van der Waals surface area contributed by atoms with Gasteiger partial charge in [0.2, 0.25) is 0 Å². The van der Waals surface area contributed by atoms with E-state index in [1.807, 2.05) is 20.8 Å². The third-order valence-corrected chi connectivity index (χ3v) is 9.13. The van der Waals surface area contributed by atoms with E-state index in [0.717, 1.165) is 0 Å². The lowest BCUT2D eigenvalue weighted by Gasteiger charge is -2.38. The summed E-state index contributed by atoms with van der Waals surface area (Å²) in [5.41, 5.74) is -0.535. The fourth-order valence-electron chi connectivity index (χ4n) is 2.40. The molecule has 132 valence electrons. The molecule has 1 rings (SSSR count). The lowest BCUT2D eigenvalue weighted by Crippen LogP contribution is -2.45. The zero-order valence-corrected chi connectivity index (χ0v) is 16.9. The largest absolute Gasteiger partial charge is 0.444 e. The van der Waals surface area contributed by atoms with Crippen molar-refractivity contribution in [2.24, 2.45) is 0 Å². The van der Waals surface area contributed by atoms with E-state index in [2.05, 4.69) is 39.9 Å². The Labute approximate surface area is 142 Å². The third kappa shape index (κ3) is 5.50. The summed E-state index contributed by atoms with van der Waals surface area (Å²) in [4.78, 5) is 14.1. The standard InChI is InChI=1S/C17H32N2O3Si/c1-16(2,3)21-15(20)19-12-14(11-13(19)9-10-18)22-23(7,8)17(4,5)6/h13-14H,9,11-12H2,1-8H3/t13-,14-/m0/s1. The number of amides is 1. The molecule has 1 heterocycles.